The van der Waals surface area contributed by atoms with Gasteiger partial charge < -0.3 is 19.9 Å². The second-order valence-corrected chi connectivity index (χ2v) is 7.83. The lowest BCUT2D eigenvalue weighted by Crippen LogP contribution is -2.55. The number of nitrogens with zero attached hydrogens (tertiary/aromatic N) is 5. The molecule has 3 heterocycles. The van der Waals surface area contributed by atoms with Crippen molar-refractivity contribution in [1.29, 1.82) is 0 Å². The van der Waals surface area contributed by atoms with Gasteiger partial charge in [0, 0.05) is 36.9 Å². The smallest absolute Gasteiger partial charge is 0.321 e. The molecule has 2 aliphatic heterocycles. The number of fused-ring (bicyclic) bond motifs is 1. The molecular formula is C18H23N7O2S. The van der Waals surface area contributed by atoms with Crippen LogP contribution in [0.2, 0.25) is 0 Å². The van der Waals surface area contributed by atoms with Gasteiger partial charge in [0.15, 0.2) is 0 Å². The van der Waals surface area contributed by atoms with Crippen molar-refractivity contribution < 1.29 is 9.53 Å². The number of methoxy groups -OCH3 is 1. The Morgan fingerprint density at radius 1 is 1.29 bits per heavy atom. The van der Waals surface area contributed by atoms with Gasteiger partial charge >= 0.3 is 6.03 Å². The lowest BCUT2D eigenvalue weighted by molar-refractivity contribution is 0.200. The van der Waals surface area contributed by atoms with Crippen LogP contribution in [0.15, 0.2) is 35.6 Å². The first kappa shape index (κ1) is 18.8. The van der Waals surface area contributed by atoms with E-state index in [1.165, 1.54) is 11.9 Å². The van der Waals surface area contributed by atoms with E-state index in [1.54, 1.807) is 17.9 Å². The van der Waals surface area contributed by atoms with E-state index in [0.717, 1.165) is 27.8 Å². The first-order valence-corrected chi connectivity index (χ1v) is 9.83. The van der Waals surface area contributed by atoms with Gasteiger partial charge in [-0.15, -0.1) is 0 Å². The van der Waals surface area contributed by atoms with Crippen molar-refractivity contribution >= 4 is 29.5 Å². The summed E-state index contributed by atoms with van der Waals surface area (Å²) in [5.41, 5.74) is 1.80. The fraction of sp³-hybridized carbons (Fsp3) is 0.389. The molecule has 3 N–H and O–H groups in total. The van der Waals surface area contributed by atoms with Gasteiger partial charge in [0.1, 0.15) is 22.9 Å². The highest BCUT2D eigenvalue weighted by molar-refractivity contribution is 7.97. The Bertz CT molecular complexity index is 864. The summed E-state index contributed by atoms with van der Waals surface area (Å²) in [6.07, 6.45) is 1.58. The molecular weight excluding hydrogens is 378 g/mol. The standard InChI is InChI=1S/C18H23N7O2S/c1-12-9-23(18(26)22-13-3-5-14(27-2)6-4-13)7-8-24(12)16-15-10-25(19)28-17(15)21-11-20-16/h3-6,11-12H,7-10,19H2,1-2H3,(H,22,26)/t12-/m0/s1. The molecule has 1 aromatic carbocycles. The third kappa shape index (κ3) is 3.71. The number of nitrogens with one attached hydrogen (secondary N) is 1. The molecule has 0 radical (unpaired) electrons. The molecule has 2 aromatic rings. The summed E-state index contributed by atoms with van der Waals surface area (Å²) >= 11 is 1.43. The van der Waals surface area contributed by atoms with E-state index in [-0.39, 0.29) is 12.1 Å². The Labute approximate surface area is 168 Å². The second kappa shape index (κ2) is 7.82. The number of amides is 2. The number of piperazine rings is 1. The van der Waals surface area contributed by atoms with Crippen LogP contribution in [-0.4, -0.2) is 58.1 Å². The number of carbonyl (C=O) groups excluding carboxylic acids is 1. The van der Waals surface area contributed by atoms with Gasteiger partial charge in [-0.2, -0.15) is 4.41 Å². The molecule has 1 atom stereocenters. The van der Waals surface area contributed by atoms with E-state index in [4.69, 9.17) is 10.6 Å². The molecule has 148 valence electrons. The number of nitrogens with two attached hydrogens (primary N) is 1. The van der Waals surface area contributed by atoms with Gasteiger partial charge in [-0.1, -0.05) is 0 Å². The number of hydrogen-bond acceptors (Lipinski definition) is 8. The molecule has 28 heavy (non-hydrogen) atoms. The zero-order valence-corrected chi connectivity index (χ0v) is 16.6. The Kier molecular flexibility index (Phi) is 5.25. The number of rotatable bonds is 3. The van der Waals surface area contributed by atoms with Gasteiger partial charge in [0.05, 0.1) is 13.7 Å². The summed E-state index contributed by atoms with van der Waals surface area (Å²) in [5.74, 6) is 7.58. The fourth-order valence-corrected chi connectivity index (χ4v) is 4.26. The minimum atomic E-state index is -0.103. The molecule has 0 unspecified atom stereocenters. The summed E-state index contributed by atoms with van der Waals surface area (Å²) in [5, 5.41) is 3.85. The van der Waals surface area contributed by atoms with Crippen LogP contribution in [0, 0.1) is 0 Å². The van der Waals surface area contributed by atoms with Crippen LogP contribution in [0.5, 0.6) is 5.75 Å². The van der Waals surface area contributed by atoms with Crippen molar-refractivity contribution in [2.45, 2.75) is 24.5 Å². The Morgan fingerprint density at radius 3 is 2.79 bits per heavy atom. The maximum Gasteiger partial charge on any atom is 0.321 e. The predicted octanol–water partition coefficient (Wildman–Crippen LogP) is 1.92. The van der Waals surface area contributed by atoms with Crippen LogP contribution >= 0.6 is 11.9 Å². The average Bonchev–Trinajstić information content (AvgIpc) is 3.09. The molecule has 0 spiro atoms. The van der Waals surface area contributed by atoms with Crippen LogP contribution in [0.1, 0.15) is 12.5 Å². The number of urea groups is 1. The summed E-state index contributed by atoms with van der Waals surface area (Å²) in [6, 6.07) is 7.34. The molecule has 1 aromatic heterocycles. The topological polar surface area (TPSA) is 99.8 Å². The largest absolute Gasteiger partial charge is 0.497 e. The molecule has 0 bridgehead atoms. The van der Waals surface area contributed by atoms with E-state index in [9.17, 15) is 4.79 Å². The number of aromatic nitrogens is 2. The van der Waals surface area contributed by atoms with Gasteiger partial charge in [-0.25, -0.2) is 14.8 Å². The van der Waals surface area contributed by atoms with E-state index in [2.05, 4.69) is 27.1 Å². The van der Waals surface area contributed by atoms with E-state index >= 15 is 0 Å². The average molecular weight is 401 g/mol. The van der Waals surface area contributed by atoms with Crippen molar-refractivity contribution in [3.63, 3.8) is 0 Å². The first-order chi connectivity index (χ1) is 13.5. The van der Waals surface area contributed by atoms with E-state index in [0.29, 0.717) is 26.2 Å². The second-order valence-electron chi connectivity index (χ2n) is 6.79. The highest BCUT2D eigenvalue weighted by atomic mass is 32.2. The minimum absolute atomic E-state index is 0.103. The minimum Gasteiger partial charge on any atom is -0.497 e. The van der Waals surface area contributed by atoms with Gasteiger partial charge in [0.25, 0.3) is 0 Å². The summed E-state index contributed by atoms with van der Waals surface area (Å²) in [7, 11) is 1.62. The zero-order valence-electron chi connectivity index (χ0n) is 15.8. The molecule has 10 heteroatoms. The number of carbonyl (C=O) groups is 1. The number of benzene rings is 1. The van der Waals surface area contributed by atoms with Gasteiger partial charge in [-0.3, -0.25) is 5.84 Å². The van der Waals surface area contributed by atoms with Crippen molar-refractivity contribution in [3.8, 4) is 5.75 Å². The Morgan fingerprint density at radius 2 is 2.07 bits per heavy atom. The lowest BCUT2D eigenvalue weighted by Gasteiger charge is -2.41. The molecule has 1 fully saturated rings. The van der Waals surface area contributed by atoms with Crippen LogP contribution in [-0.2, 0) is 6.54 Å². The molecule has 4 rings (SSSR count). The maximum atomic E-state index is 12.7. The number of hydrogen-bond donors (Lipinski definition) is 2. The van der Waals surface area contributed by atoms with Crippen LogP contribution in [0.25, 0.3) is 0 Å². The summed E-state index contributed by atoms with van der Waals surface area (Å²) in [6.45, 7) is 4.64. The highest BCUT2D eigenvalue weighted by Crippen LogP contribution is 2.37. The zero-order chi connectivity index (χ0) is 19.7. The van der Waals surface area contributed by atoms with Gasteiger partial charge in [0.2, 0.25) is 0 Å². The highest BCUT2D eigenvalue weighted by Gasteiger charge is 2.32. The Hall–Kier alpha value is -2.56. The lowest BCUT2D eigenvalue weighted by atomic mass is 10.1. The van der Waals surface area contributed by atoms with Crippen LogP contribution in [0.3, 0.4) is 0 Å². The van der Waals surface area contributed by atoms with Crippen molar-refractivity contribution in [1.82, 2.24) is 19.3 Å². The van der Waals surface area contributed by atoms with E-state index < -0.39 is 0 Å². The number of ether oxygens (including phenoxy) is 1. The normalized spacial score (nSPS) is 19.5. The Balaban J connectivity index is 1.41. The molecule has 9 nitrogen and oxygen atoms in total. The summed E-state index contributed by atoms with van der Waals surface area (Å²) in [4.78, 5) is 25.5. The molecule has 1 saturated heterocycles. The molecule has 2 aliphatic rings. The van der Waals surface area contributed by atoms with Crippen molar-refractivity contribution in [3.05, 3.63) is 36.2 Å². The first-order valence-electron chi connectivity index (χ1n) is 9.06. The SMILES string of the molecule is COc1ccc(NC(=O)N2CCN(c3ncnc4c3CN(N)S4)[C@@H](C)C2)cc1. The molecule has 2 amide bonds. The van der Waals surface area contributed by atoms with Crippen LogP contribution in [0.4, 0.5) is 16.3 Å². The summed E-state index contributed by atoms with van der Waals surface area (Å²) < 4.78 is 6.80. The fourth-order valence-electron chi connectivity index (χ4n) is 3.48. The predicted molar refractivity (Wildman–Crippen MR) is 108 cm³/mol. The monoisotopic (exact) mass is 401 g/mol. The van der Waals surface area contributed by atoms with E-state index in [1.807, 2.05) is 29.2 Å². The molecule has 0 saturated carbocycles. The van der Waals surface area contributed by atoms with Crippen molar-refractivity contribution in [2.75, 3.05) is 37.0 Å². The third-order valence-corrected chi connectivity index (χ3v) is 5.82. The van der Waals surface area contributed by atoms with Crippen molar-refractivity contribution in [2.24, 2.45) is 5.84 Å². The third-order valence-electron chi connectivity index (χ3n) is 4.93. The number of hydrazine groups is 1. The van der Waals surface area contributed by atoms with Gasteiger partial charge in [-0.05, 0) is 43.1 Å². The maximum absolute atomic E-state index is 12.7. The molecule has 0 aliphatic carbocycles. The quantitative estimate of drug-likeness (QED) is 0.457. The number of anilines is 2. The van der Waals surface area contributed by atoms with Crippen LogP contribution < -0.4 is 20.8 Å².